The third-order valence-corrected chi connectivity index (χ3v) is 2.42. The van der Waals surface area contributed by atoms with Gasteiger partial charge in [0, 0.05) is 6.61 Å². The molecule has 0 aromatic carbocycles. The van der Waals surface area contributed by atoms with Gasteiger partial charge in [-0.25, -0.2) is 0 Å². The molecular weight excluding hydrogens is 176 g/mol. The molecule has 0 rings (SSSR count). The Morgan fingerprint density at radius 1 is 1.14 bits per heavy atom. The van der Waals surface area contributed by atoms with Crippen LogP contribution in [-0.2, 0) is 9.53 Å². The standard InChI is InChI=1S/C12H24O2/c1-11(2)5-4-6-12(3)7-9-14-10-8-13/h8,11-12H,4-7,9-10H2,1-3H3/t12-/m0/s1. The fourth-order valence-electron chi connectivity index (χ4n) is 1.43. The average Bonchev–Trinajstić information content (AvgIpc) is 2.12. The average molecular weight is 200 g/mol. The van der Waals surface area contributed by atoms with Gasteiger partial charge in [-0.05, 0) is 18.3 Å². The molecule has 0 spiro atoms. The Balaban J connectivity index is 3.19. The second-order valence-corrected chi connectivity index (χ2v) is 4.46. The largest absolute Gasteiger partial charge is 0.374 e. The summed E-state index contributed by atoms with van der Waals surface area (Å²) >= 11 is 0. The van der Waals surface area contributed by atoms with Crippen molar-refractivity contribution in [2.45, 2.75) is 46.5 Å². The van der Waals surface area contributed by atoms with Gasteiger partial charge in [0.25, 0.3) is 0 Å². The lowest BCUT2D eigenvalue weighted by Crippen LogP contribution is -2.04. The minimum absolute atomic E-state index is 0.249. The van der Waals surface area contributed by atoms with E-state index in [0.717, 1.165) is 31.1 Å². The second kappa shape index (κ2) is 9.20. The molecule has 0 aliphatic heterocycles. The molecule has 0 fully saturated rings. The molecule has 1 atom stereocenters. The van der Waals surface area contributed by atoms with Crippen molar-refractivity contribution in [3.63, 3.8) is 0 Å². The van der Waals surface area contributed by atoms with E-state index in [1.165, 1.54) is 19.3 Å². The van der Waals surface area contributed by atoms with E-state index >= 15 is 0 Å². The summed E-state index contributed by atoms with van der Waals surface area (Å²) in [6, 6.07) is 0. The third kappa shape index (κ3) is 9.72. The second-order valence-electron chi connectivity index (χ2n) is 4.46. The van der Waals surface area contributed by atoms with Crippen molar-refractivity contribution in [3.8, 4) is 0 Å². The van der Waals surface area contributed by atoms with Gasteiger partial charge in [0.1, 0.15) is 12.9 Å². The van der Waals surface area contributed by atoms with E-state index in [1.54, 1.807) is 0 Å². The minimum atomic E-state index is 0.249. The van der Waals surface area contributed by atoms with Crippen LogP contribution in [0.2, 0.25) is 0 Å². The number of aldehydes is 1. The van der Waals surface area contributed by atoms with E-state index in [2.05, 4.69) is 20.8 Å². The Hall–Kier alpha value is -0.370. The molecule has 0 unspecified atom stereocenters. The van der Waals surface area contributed by atoms with Gasteiger partial charge in [-0.3, -0.25) is 0 Å². The van der Waals surface area contributed by atoms with Crippen LogP contribution in [0.3, 0.4) is 0 Å². The zero-order valence-electron chi connectivity index (χ0n) is 9.79. The maximum Gasteiger partial charge on any atom is 0.145 e. The van der Waals surface area contributed by atoms with Crippen LogP contribution in [0.25, 0.3) is 0 Å². The fraction of sp³-hybridized carbons (Fsp3) is 0.917. The monoisotopic (exact) mass is 200 g/mol. The van der Waals surface area contributed by atoms with E-state index in [9.17, 15) is 4.79 Å². The smallest absolute Gasteiger partial charge is 0.145 e. The highest BCUT2D eigenvalue weighted by atomic mass is 16.5. The van der Waals surface area contributed by atoms with Crippen LogP contribution >= 0.6 is 0 Å². The number of hydrogen-bond acceptors (Lipinski definition) is 2. The number of ether oxygens (including phenoxy) is 1. The zero-order valence-corrected chi connectivity index (χ0v) is 9.79. The molecule has 2 heteroatoms. The summed E-state index contributed by atoms with van der Waals surface area (Å²) in [4.78, 5) is 9.97. The lowest BCUT2D eigenvalue weighted by atomic mass is 9.98. The van der Waals surface area contributed by atoms with Gasteiger partial charge < -0.3 is 9.53 Å². The van der Waals surface area contributed by atoms with Crippen molar-refractivity contribution in [1.29, 1.82) is 0 Å². The molecule has 0 aliphatic carbocycles. The van der Waals surface area contributed by atoms with E-state index in [1.807, 2.05) is 0 Å². The highest BCUT2D eigenvalue weighted by Gasteiger charge is 2.02. The Bertz CT molecular complexity index is 132. The van der Waals surface area contributed by atoms with Crippen molar-refractivity contribution in [2.75, 3.05) is 13.2 Å². The molecule has 0 aromatic heterocycles. The van der Waals surface area contributed by atoms with Crippen LogP contribution in [-0.4, -0.2) is 19.5 Å². The molecular formula is C12H24O2. The Morgan fingerprint density at radius 2 is 1.86 bits per heavy atom. The van der Waals surface area contributed by atoms with Crippen LogP contribution in [0.4, 0.5) is 0 Å². The van der Waals surface area contributed by atoms with Crippen LogP contribution in [0.1, 0.15) is 46.5 Å². The van der Waals surface area contributed by atoms with Crippen molar-refractivity contribution in [1.82, 2.24) is 0 Å². The van der Waals surface area contributed by atoms with Gasteiger partial charge in [0.15, 0.2) is 0 Å². The predicted octanol–water partition coefficient (Wildman–Crippen LogP) is 3.05. The minimum Gasteiger partial charge on any atom is -0.374 e. The maximum absolute atomic E-state index is 9.97. The fourth-order valence-corrected chi connectivity index (χ4v) is 1.43. The molecule has 14 heavy (non-hydrogen) atoms. The van der Waals surface area contributed by atoms with E-state index in [0.29, 0.717) is 0 Å². The highest BCUT2D eigenvalue weighted by Crippen LogP contribution is 2.14. The summed E-state index contributed by atoms with van der Waals surface area (Å²) in [7, 11) is 0. The third-order valence-electron chi connectivity index (χ3n) is 2.42. The van der Waals surface area contributed by atoms with Crippen LogP contribution in [0.15, 0.2) is 0 Å². The molecule has 0 aliphatic rings. The molecule has 0 saturated carbocycles. The van der Waals surface area contributed by atoms with Crippen LogP contribution in [0.5, 0.6) is 0 Å². The van der Waals surface area contributed by atoms with Crippen molar-refractivity contribution in [3.05, 3.63) is 0 Å². The maximum atomic E-state index is 9.97. The number of hydrogen-bond donors (Lipinski definition) is 0. The summed E-state index contributed by atoms with van der Waals surface area (Å²) in [5.74, 6) is 1.54. The summed E-state index contributed by atoms with van der Waals surface area (Å²) < 4.78 is 5.11. The van der Waals surface area contributed by atoms with Crippen LogP contribution < -0.4 is 0 Å². The molecule has 0 amide bonds. The molecule has 0 N–H and O–H groups in total. The summed E-state index contributed by atoms with van der Waals surface area (Å²) in [5, 5.41) is 0. The van der Waals surface area contributed by atoms with E-state index < -0.39 is 0 Å². The first-order valence-electron chi connectivity index (χ1n) is 5.68. The predicted molar refractivity (Wildman–Crippen MR) is 59.4 cm³/mol. The lowest BCUT2D eigenvalue weighted by Gasteiger charge is -2.11. The van der Waals surface area contributed by atoms with Gasteiger partial charge >= 0.3 is 0 Å². The quantitative estimate of drug-likeness (QED) is 0.422. The van der Waals surface area contributed by atoms with E-state index in [4.69, 9.17) is 4.74 Å². The molecule has 0 radical (unpaired) electrons. The lowest BCUT2D eigenvalue weighted by molar-refractivity contribution is -0.111. The Morgan fingerprint density at radius 3 is 2.43 bits per heavy atom. The summed E-state index contributed by atoms with van der Waals surface area (Å²) in [6.45, 7) is 7.75. The first kappa shape index (κ1) is 13.6. The van der Waals surface area contributed by atoms with Crippen molar-refractivity contribution < 1.29 is 9.53 Å². The van der Waals surface area contributed by atoms with Gasteiger partial charge in [-0.1, -0.05) is 40.0 Å². The van der Waals surface area contributed by atoms with Gasteiger partial charge in [-0.15, -0.1) is 0 Å². The number of rotatable bonds is 9. The number of carbonyl (C=O) groups excluding carboxylic acids is 1. The first-order valence-corrected chi connectivity index (χ1v) is 5.68. The zero-order chi connectivity index (χ0) is 10.8. The molecule has 0 saturated heterocycles. The Kier molecular flexibility index (Phi) is 8.95. The topological polar surface area (TPSA) is 26.3 Å². The highest BCUT2D eigenvalue weighted by molar-refractivity contribution is 5.50. The van der Waals surface area contributed by atoms with Gasteiger partial charge in [-0.2, -0.15) is 0 Å². The summed E-state index contributed by atoms with van der Waals surface area (Å²) in [6.07, 6.45) is 5.80. The van der Waals surface area contributed by atoms with Crippen molar-refractivity contribution >= 4 is 6.29 Å². The Labute approximate surface area is 88.0 Å². The number of carbonyl (C=O) groups is 1. The van der Waals surface area contributed by atoms with Crippen molar-refractivity contribution in [2.24, 2.45) is 11.8 Å². The summed E-state index contributed by atoms with van der Waals surface area (Å²) in [5.41, 5.74) is 0. The molecule has 84 valence electrons. The molecule has 2 nitrogen and oxygen atoms in total. The molecule has 0 bridgehead atoms. The van der Waals surface area contributed by atoms with E-state index in [-0.39, 0.29) is 6.61 Å². The molecule has 0 heterocycles. The van der Waals surface area contributed by atoms with Gasteiger partial charge in [0.05, 0.1) is 0 Å². The SMILES string of the molecule is CC(C)CCC[C@H](C)CCOCC=O. The van der Waals surface area contributed by atoms with Gasteiger partial charge in [0.2, 0.25) is 0 Å². The normalized spacial score (nSPS) is 13.1. The molecule has 0 aromatic rings. The van der Waals surface area contributed by atoms with Crippen LogP contribution in [0, 0.1) is 11.8 Å². The first-order chi connectivity index (χ1) is 6.66.